The van der Waals surface area contributed by atoms with Crippen molar-refractivity contribution in [3.8, 4) is 0 Å². The molecule has 0 aromatic carbocycles. The molecule has 0 bridgehead atoms. The first-order valence-electron chi connectivity index (χ1n) is 6.12. The van der Waals surface area contributed by atoms with Crippen LogP contribution in [0.3, 0.4) is 0 Å². The maximum absolute atomic E-state index is 11.0. The van der Waals surface area contributed by atoms with E-state index < -0.39 is 0 Å². The summed E-state index contributed by atoms with van der Waals surface area (Å²) in [6.45, 7) is 0.258. The predicted octanol–water partition coefficient (Wildman–Crippen LogP) is 0.905. The smallest absolute Gasteiger partial charge is 0.239 e. The minimum Gasteiger partial charge on any atom is -0.368 e. The predicted molar refractivity (Wildman–Crippen MR) is 57.9 cm³/mol. The number of hydrogen-bond acceptors (Lipinski definition) is 2. The number of carbonyl (C=O) groups excluding carboxylic acids is 1. The second-order valence-corrected chi connectivity index (χ2v) is 5.45. The minimum absolute atomic E-state index is 0.258. The number of nitrogens with two attached hydrogens (primary N) is 1. The Kier molecular flexibility index (Phi) is 1.47. The molecule has 3 aliphatic rings. The first-order valence-corrected chi connectivity index (χ1v) is 6.12. The monoisotopic (exact) mass is 217 g/mol. The SMILES string of the molecule is NC(=O)Cn1nc(C2CC2)c2c1C[C@@H]1C[C@H]21. The lowest BCUT2D eigenvalue weighted by atomic mass is 10.1. The van der Waals surface area contributed by atoms with Crippen LogP contribution >= 0.6 is 0 Å². The van der Waals surface area contributed by atoms with Crippen LogP contribution in [0.15, 0.2) is 0 Å². The van der Waals surface area contributed by atoms with Gasteiger partial charge in [-0.05, 0) is 37.5 Å². The molecule has 2 fully saturated rings. The summed E-state index contributed by atoms with van der Waals surface area (Å²) in [5.74, 6) is 2.02. The molecule has 1 aromatic rings. The molecule has 0 aliphatic heterocycles. The molecule has 1 amide bonds. The molecule has 0 saturated heterocycles. The summed E-state index contributed by atoms with van der Waals surface area (Å²) in [4.78, 5) is 11.0. The average molecular weight is 217 g/mol. The third-order valence-electron chi connectivity index (χ3n) is 4.15. The van der Waals surface area contributed by atoms with Gasteiger partial charge in [-0.2, -0.15) is 5.10 Å². The van der Waals surface area contributed by atoms with Crippen LogP contribution < -0.4 is 5.73 Å². The van der Waals surface area contributed by atoms with Crippen LogP contribution in [0.25, 0.3) is 0 Å². The van der Waals surface area contributed by atoms with Crippen molar-refractivity contribution in [2.75, 3.05) is 0 Å². The average Bonchev–Trinajstić information content (AvgIpc) is 3.11. The van der Waals surface area contributed by atoms with E-state index in [0.717, 1.165) is 18.3 Å². The summed E-state index contributed by atoms with van der Waals surface area (Å²) < 4.78 is 1.87. The minimum atomic E-state index is -0.284. The molecular formula is C12H15N3O. The van der Waals surface area contributed by atoms with E-state index in [0.29, 0.717) is 5.92 Å². The molecule has 1 heterocycles. The van der Waals surface area contributed by atoms with Crippen LogP contribution in [0.4, 0.5) is 0 Å². The normalized spacial score (nSPS) is 30.0. The lowest BCUT2D eigenvalue weighted by molar-refractivity contribution is -0.118. The lowest BCUT2D eigenvalue weighted by Crippen LogP contribution is -2.21. The summed E-state index contributed by atoms with van der Waals surface area (Å²) >= 11 is 0. The molecule has 4 rings (SSSR count). The van der Waals surface area contributed by atoms with Gasteiger partial charge >= 0.3 is 0 Å². The number of primary amides is 1. The van der Waals surface area contributed by atoms with Crippen molar-refractivity contribution in [3.63, 3.8) is 0 Å². The van der Waals surface area contributed by atoms with Crippen LogP contribution in [0.1, 0.15) is 48.0 Å². The Morgan fingerprint density at radius 2 is 2.31 bits per heavy atom. The molecule has 3 aliphatic carbocycles. The highest BCUT2D eigenvalue weighted by Gasteiger charge is 2.50. The molecule has 4 heteroatoms. The van der Waals surface area contributed by atoms with Crippen LogP contribution in [0, 0.1) is 5.92 Å². The van der Waals surface area contributed by atoms with E-state index in [-0.39, 0.29) is 12.5 Å². The summed E-state index contributed by atoms with van der Waals surface area (Å²) in [7, 11) is 0. The third-order valence-corrected chi connectivity index (χ3v) is 4.15. The lowest BCUT2D eigenvalue weighted by Gasteiger charge is -2.02. The van der Waals surface area contributed by atoms with Crippen LogP contribution in [0.5, 0.6) is 0 Å². The quantitative estimate of drug-likeness (QED) is 0.817. The molecule has 2 atom stereocenters. The topological polar surface area (TPSA) is 60.9 Å². The van der Waals surface area contributed by atoms with Crippen molar-refractivity contribution >= 4 is 5.91 Å². The summed E-state index contributed by atoms with van der Waals surface area (Å²) in [6.07, 6.45) is 5.01. The first kappa shape index (κ1) is 8.79. The summed E-state index contributed by atoms with van der Waals surface area (Å²) in [5.41, 5.74) is 9.36. The largest absolute Gasteiger partial charge is 0.368 e. The zero-order valence-electron chi connectivity index (χ0n) is 9.15. The molecule has 0 radical (unpaired) electrons. The van der Waals surface area contributed by atoms with E-state index in [1.807, 2.05) is 4.68 Å². The Balaban J connectivity index is 1.80. The number of hydrogen-bond donors (Lipinski definition) is 1. The van der Waals surface area contributed by atoms with E-state index in [4.69, 9.17) is 5.73 Å². The highest BCUT2D eigenvalue weighted by Crippen LogP contribution is 2.59. The molecule has 0 unspecified atom stereocenters. The van der Waals surface area contributed by atoms with Gasteiger partial charge in [0.1, 0.15) is 6.54 Å². The Labute approximate surface area is 93.8 Å². The van der Waals surface area contributed by atoms with Gasteiger partial charge in [0.25, 0.3) is 0 Å². The molecule has 4 nitrogen and oxygen atoms in total. The summed E-state index contributed by atoms with van der Waals surface area (Å²) in [5, 5.41) is 4.63. The second kappa shape index (κ2) is 2.67. The maximum Gasteiger partial charge on any atom is 0.239 e. The van der Waals surface area contributed by atoms with Gasteiger partial charge in [0.05, 0.1) is 5.69 Å². The standard InChI is InChI=1S/C12H15N3O/c13-10(16)5-15-9-4-7-3-8(7)11(9)12(14-15)6-1-2-6/h6-8H,1-5H2,(H2,13,16)/t7-,8-/m0/s1. The number of amides is 1. The fourth-order valence-corrected chi connectivity index (χ4v) is 3.16. The van der Waals surface area contributed by atoms with Gasteiger partial charge in [0, 0.05) is 17.2 Å². The van der Waals surface area contributed by atoms with Crippen molar-refractivity contribution in [3.05, 3.63) is 17.0 Å². The highest BCUT2D eigenvalue weighted by molar-refractivity contribution is 5.73. The van der Waals surface area contributed by atoms with Gasteiger partial charge in [0.2, 0.25) is 5.91 Å². The van der Waals surface area contributed by atoms with Crippen molar-refractivity contribution in [1.82, 2.24) is 9.78 Å². The van der Waals surface area contributed by atoms with E-state index in [2.05, 4.69) is 5.10 Å². The number of rotatable bonds is 3. The van der Waals surface area contributed by atoms with Gasteiger partial charge in [-0.15, -0.1) is 0 Å². The zero-order valence-corrected chi connectivity index (χ0v) is 9.15. The molecule has 84 valence electrons. The molecule has 1 aromatic heterocycles. The molecular weight excluding hydrogens is 202 g/mol. The van der Waals surface area contributed by atoms with Gasteiger partial charge in [-0.3, -0.25) is 9.48 Å². The maximum atomic E-state index is 11.0. The number of fused-ring (bicyclic) bond motifs is 3. The Morgan fingerprint density at radius 3 is 3.00 bits per heavy atom. The van der Waals surface area contributed by atoms with Crippen LogP contribution in [-0.2, 0) is 17.8 Å². The number of aromatic nitrogens is 2. The Hall–Kier alpha value is -1.32. The van der Waals surface area contributed by atoms with E-state index in [1.54, 1.807) is 0 Å². The second-order valence-electron chi connectivity index (χ2n) is 5.45. The highest BCUT2D eigenvalue weighted by atomic mass is 16.1. The zero-order chi connectivity index (χ0) is 10.9. The van der Waals surface area contributed by atoms with E-state index >= 15 is 0 Å². The van der Waals surface area contributed by atoms with Crippen molar-refractivity contribution in [1.29, 1.82) is 0 Å². The van der Waals surface area contributed by atoms with E-state index in [1.165, 1.54) is 36.2 Å². The third kappa shape index (κ3) is 1.10. The van der Waals surface area contributed by atoms with Gasteiger partial charge in [-0.1, -0.05) is 0 Å². The fraction of sp³-hybridized carbons (Fsp3) is 0.667. The van der Waals surface area contributed by atoms with Gasteiger partial charge in [-0.25, -0.2) is 0 Å². The molecule has 16 heavy (non-hydrogen) atoms. The van der Waals surface area contributed by atoms with E-state index in [9.17, 15) is 4.79 Å². The molecule has 0 spiro atoms. The first-order chi connectivity index (χ1) is 7.74. The Bertz CT molecular complexity index is 487. The summed E-state index contributed by atoms with van der Waals surface area (Å²) in [6, 6.07) is 0. The van der Waals surface area contributed by atoms with Crippen LogP contribution in [0.2, 0.25) is 0 Å². The molecule has 2 saturated carbocycles. The number of carbonyl (C=O) groups is 1. The number of nitrogens with zero attached hydrogens (tertiary/aromatic N) is 2. The van der Waals surface area contributed by atoms with Gasteiger partial charge < -0.3 is 5.73 Å². The Morgan fingerprint density at radius 1 is 1.50 bits per heavy atom. The van der Waals surface area contributed by atoms with Crippen molar-refractivity contribution in [2.24, 2.45) is 11.7 Å². The fourth-order valence-electron chi connectivity index (χ4n) is 3.16. The van der Waals surface area contributed by atoms with Crippen molar-refractivity contribution < 1.29 is 4.79 Å². The van der Waals surface area contributed by atoms with Gasteiger partial charge in [0.15, 0.2) is 0 Å². The molecule has 2 N–H and O–H groups in total. The van der Waals surface area contributed by atoms with Crippen molar-refractivity contribution in [2.45, 2.75) is 44.1 Å². The van der Waals surface area contributed by atoms with Crippen LogP contribution in [-0.4, -0.2) is 15.7 Å².